The zero-order valence-electron chi connectivity index (χ0n) is 6.78. The van der Waals surface area contributed by atoms with Crippen LogP contribution in [0.15, 0.2) is 0 Å². The molecule has 0 unspecified atom stereocenters. The second-order valence-corrected chi connectivity index (χ2v) is 4.34. The number of carbonyl (C=O) groups is 1. The van der Waals surface area contributed by atoms with Gasteiger partial charge in [-0.1, -0.05) is 0 Å². The van der Waals surface area contributed by atoms with Gasteiger partial charge >= 0.3 is 14.9 Å². The van der Waals surface area contributed by atoms with E-state index in [-0.39, 0.29) is 12.6 Å². The van der Waals surface area contributed by atoms with Crippen LogP contribution >= 0.6 is 0 Å². The van der Waals surface area contributed by atoms with Gasteiger partial charge in [0.1, 0.15) is 0 Å². The minimum atomic E-state index is -3.93. The number of hydrogen-bond donors (Lipinski definition) is 4. The van der Waals surface area contributed by atoms with E-state index in [2.05, 4.69) is 10.1 Å². The van der Waals surface area contributed by atoms with Crippen molar-refractivity contribution in [2.75, 3.05) is 13.7 Å². The van der Waals surface area contributed by atoms with E-state index in [1.165, 1.54) is 7.11 Å². The maximum absolute atomic E-state index is 10.4. The summed E-state index contributed by atoms with van der Waals surface area (Å²) in [7, 11) is -2.70. The Hall–Kier alpha value is -0.633. The van der Waals surface area contributed by atoms with Crippen LogP contribution in [-0.2, 0) is 4.74 Å². The Labute approximate surface area is 71.2 Å². The highest BCUT2D eigenvalue weighted by molar-refractivity contribution is 6.56. The fraction of sp³-hybridized carbons (Fsp3) is 0.800. The third kappa shape index (κ3) is 7.47. The summed E-state index contributed by atoms with van der Waals surface area (Å²) in [6.07, 6.45) is -0.263. The van der Waals surface area contributed by atoms with Crippen LogP contribution in [0.5, 0.6) is 0 Å². The first-order chi connectivity index (χ1) is 5.45. The molecule has 0 rings (SSSR count). The topological polar surface area (TPSA) is 99.0 Å². The molecule has 0 bridgehead atoms. The van der Waals surface area contributed by atoms with Gasteiger partial charge in [0, 0.05) is 12.6 Å². The lowest BCUT2D eigenvalue weighted by Gasteiger charge is -2.08. The molecule has 0 aromatic rings. The smallest absolute Gasteiger partial charge is 0.453 e. The maximum atomic E-state index is 10.4. The van der Waals surface area contributed by atoms with Crippen molar-refractivity contribution in [3.05, 3.63) is 0 Å². The zero-order chi connectivity index (χ0) is 9.61. The van der Waals surface area contributed by atoms with Crippen molar-refractivity contribution in [1.29, 1.82) is 0 Å². The Bertz CT molecular complexity index is 145. The normalized spacial score (nSPS) is 11.0. The molecule has 0 spiro atoms. The lowest BCUT2D eigenvalue weighted by Crippen LogP contribution is -2.35. The lowest BCUT2D eigenvalue weighted by molar-refractivity contribution is 0.170. The molecule has 1 amide bonds. The molecular weight excluding hydrogens is 182 g/mol. The summed E-state index contributed by atoms with van der Waals surface area (Å²) in [6, 6.07) is -0.0863. The van der Waals surface area contributed by atoms with Gasteiger partial charge in [0.2, 0.25) is 0 Å². The summed E-state index contributed by atoms with van der Waals surface area (Å²) in [6.45, 7) is 0.253. The Kier molecular flexibility index (Phi) is 4.82. The van der Waals surface area contributed by atoms with E-state index in [0.717, 1.165) is 0 Å². The van der Waals surface area contributed by atoms with E-state index in [1.807, 2.05) is 0 Å². The van der Waals surface area contributed by atoms with Crippen LogP contribution in [-0.4, -0.2) is 42.9 Å². The van der Waals surface area contributed by atoms with Gasteiger partial charge in [0.05, 0.1) is 7.11 Å². The van der Waals surface area contributed by atoms with Crippen LogP contribution in [0.4, 0.5) is 4.79 Å². The molecule has 0 atom stereocenters. The highest BCUT2D eigenvalue weighted by Crippen LogP contribution is 1.99. The molecule has 0 aliphatic carbocycles. The highest BCUT2D eigenvalue weighted by Gasteiger charge is 2.25. The summed E-state index contributed by atoms with van der Waals surface area (Å²) in [5, 5.41) is 2.33. The summed E-state index contributed by atoms with van der Waals surface area (Å²) < 4.78 is 4.26. The van der Waals surface area contributed by atoms with Gasteiger partial charge in [0.25, 0.3) is 0 Å². The number of hydrogen-bond acceptors (Lipinski definition) is 5. The second kappa shape index (κ2) is 5.09. The fourth-order valence-electron chi connectivity index (χ4n) is 0.588. The van der Waals surface area contributed by atoms with Crippen LogP contribution in [0.1, 0.15) is 6.42 Å². The lowest BCUT2D eigenvalue weighted by atomic mass is 10.5. The molecule has 0 heterocycles. The number of alkyl carbamates (subject to hydrolysis) is 1. The van der Waals surface area contributed by atoms with E-state index in [1.54, 1.807) is 0 Å². The summed E-state index contributed by atoms with van der Waals surface area (Å²) in [5.74, 6) is 0. The predicted molar refractivity (Wildman–Crippen MR) is 42.2 cm³/mol. The molecule has 0 fully saturated rings. The average Bonchev–Trinajstić information content (AvgIpc) is 1.96. The first kappa shape index (κ1) is 11.4. The minimum absolute atomic E-state index is 0.0863. The van der Waals surface area contributed by atoms with E-state index in [9.17, 15) is 4.79 Å². The van der Waals surface area contributed by atoms with Gasteiger partial charge in [0.15, 0.2) is 0 Å². The van der Waals surface area contributed by atoms with E-state index >= 15 is 0 Å². The summed E-state index contributed by atoms with van der Waals surface area (Å²) >= 11 is 0. The quantitative estimate of drug-likeness (QED) is 0.328. The molecule has 0 saturated carbocycles. The van der Waals surface area contributed by atoms with Gasteiger partial charge in [-0.05, 0) is 6.42 Å². The van der Waals surface area contributed by atoms with Crippen molar-refractivity contribution >= 4 is 14.9 Å². The monoisotopic (exact) mass is 195 g/mol. The van der Waals surface area contributed by atoms with Gasteiger partial charge in [-0.3, -0.25) is 0 Å². The van der Waals surface area contributed by atoms with Crippen LogP contribution in [0.3, 0.4) is 0 Å². The molecule has 72 valence electrons. The molecule has 7 heteroatoms. The molecular formula is C5H13NO5Si. The number of amides is 1. The number of methoxy groups -OCH3 is 1. The summed E-state index contributed by atoms with van der Waals surface area (Å²) in [5.41, 5.74) is 0. The number of carbonyl (C=O) groups excluding carboxylic acids is 1. The SMILES string of the molecule is COC(=O)NCCC[Si](O)(O)O. The van der Waals surface area contributed by atoms with Crippen LogP contribution < -0.4 is 5.32 Å². The second-order valence-electron chi connectivity index (χ2n) is 2.30. The Morgan fingerprint density at radius 2 is 2.08 bits per heavy atom. The molecule has 0 aromatic carbocycles. The molecule has 0 aromatic heterocycles. The molecule has 4 N–H and O–H groups in total. The van der Waals surface area contributed by atoms with Gasteiger partial charge in [-0.2, -0.15) is 0 Å². The third-order valence-electron chi connectivity index (χ3n) is 1.14. The Morgan fingerprint density at radius 1 is 1.50 bits per heavy atom. The van der Waals surface area contributed by atoms with Crippen molar-refractivity contribution in [3.8, 4) is 0 Å². The van der Waals surface area contributed by atoms with Crippen molar-refractivity contribution in [3.63, 3.8) is 0 Å². The van der Waals surface area contributed by atoms with E-state index < -0.39 is 14.9 Å². The zero-order valence-corrected chi connectivity index (χ0v) is 7.78. The maximum Gasteiger partial charge on any atom is 0.492 e. The number of rotatable bonds is 4. The Morgan fingerprint density at radius 3 is 2.50 bits per heavy atom. The predicted octanol–water partition coefficient (Wildman–Crippen LogP) is -1.35. The largest absolute Gasteiger partial charge is 0.492 e. The van der Waals surface area contributed by atoms with Crippen molar-refractivity contribution in [1.82, 2.24) is 5.32 Å². The fourth-order valence-corrected chi connectivity index (χ4v) is 1.24. The van der Waals surface area contributed by atoms with Crippen LogP contribution in [0.2, 0.25) is 6.04 Å². The molecule has 0 saturated heterocycles. The molecule has 6 nitrogen and oxygen atoms in total. The first-order valence-corrected chi connectivity index (χ1v) is 5.49. The van der Waals surface area contributed by atoms with Gasteiger partial charge < -0.3 is 24.4 Å². The van der Waals surface area contributed by atoms with Crippen LogP contribution in [0, 0.1) is 0 Å². The molecule has 0 aliphatic heterocycles. The minimum Gasteiger partial charge on any atom is -0.453 e. The first-order valence-electron chi connectivity index (χ1n) is 3.44. The average molecular weight is 195 g/mol. The van der Waals surface area contributed by atoms with E-state index in [4.69, 9.17) is 14.4 Å². The molecule has 0 radical (unpaired) electrons. The van der Waals surface area contributed by atoms with Gasteiger partial charge in [-0.25, -0.2) is 4.79 Å². The van der Waals surface area contributed by atoms with E-state index in [0.29, 0.717) is 6.42 Å². The molecule has 12 heavy (non-hydrogen) atoms. The van der Waals surface area contributed by atoms with Crippen LogP contribution in [0.25, 0.3) is 0 Å². The molecule has 0 aliphatic rings. The number of nitrogens with one attached hydrogen (secondary N) is 1. The highest BCUT2D eigenvalue weighted by atomic mass is 28.4. The van der Waals surface area contributed by atoms with Gasteiger partial charge in [-0.15, -0.1) is 0 Å². The van der Waals surface area contributed by atoms with Crippen molar-refractivity contribution in [2.45, 2.75) is 12.5 Å². The third-order valence-corrected chi connectivity index (χ3v) is 2.17. The number of ether oxygens (including phenoxy) is 1. The van der Waals surface area contributed by atoms with Crippen molar-refractivity contribution < 1.29 is 23.9 Å². The standard InChI is InChI=1S/C5H13NO5Si/c1-11-5(7)6-3-2-4-12(8,9)10/h8-10H,2-4H2,1H3,(H,6,7). The summed E-state index contributed by atoms with van der Waals surface area (Å²) in [4.78, 5) is 36.1. The van der Waals surface area contributed by atoms with Crippen molar-refractivity contribution in [2.24, 2.45) is 0 Å². The Balaban J connectivity index is 3.28.